The van der Waals surface area contributed by atoms with E-state index in [4.69, 9.17) is 8.85 Å². The number of benzene rings is 3. The summed E-state index contributed by atoms with van der Waals surface area (Å²) in [5.74, 6) is 0. The fraction of sp³-hybridized carbons (Fsp3) is 0.304. The van der Waals surface area contributed by atoms with E-state index in [1.54, 1.807) is 0 Å². The van der Waals surface area contributed by atoms with Gasteiger partial charge in [-0.05, 0) is 59.1 Å². The molecule has 4 radical (unpaired) electrons. The van der Waals surface area contributed by atoms with E-state index in [0.29, 0.717) is 19.5 Å². The molecule has 3 aromatic carbocycles. The van der Waals surface area contributed by atoms with Crippen molar-refractivity contribution in [3.05, 3.63) is 81.8 Å². The van der Waals surface area contributed by atoms with E-state index >= 15 is 0 Å². The number of hydrogen-bond acceptors (Lipinski definition) is 2. The molecule has 3 aromatic rings. The number of rotatable bonds is 8. The summed E-state index contributed by atoms with van der Waals surface area (Å²) in [6, 6.07) is 21.6. The predicted octanol–water partition coefficient (Wildman–Crippen LogP) is 6.16. The first-order chi connectivity index (χ1) is 13.5. The van der Waals surface area contributed by atoms with E-state index in [1.165, 1.54) is 27.5 Å². The zero-order chi connectivity index (χ0) is 20.1. The Bertz CT molecular complexity index is 937. The van der Waals surface area contributed by atoms with Crippen molar-refractivity contribution in [1.82, 2.24) is 0 Å². The van der Waals surface area contributed by atoms with Crippen LogP contribution in [0.25, 0.3) is 10.8 Å². The monoisotopic (exact) mass is 468 g/mol. The molecule has 5 heteroatoms. The minimum Gasteiger partial charge on any atom is -0.393 e. The second-order valence-electron chi connectivity index (χ2n) is 7.33. The van der Waals surface area contributed by atoms with Crippen molar-refractivity contribution in [3.8, 4) is 0 Å². The van der Waals surface area contributed by atoms with Crippen molar-refractivity contribution in [1.29, 1.82) is 0 Å². The summed E-state index contributed by atoms with van der Waals surface area (Å²) >= 11 is 3.60. The molecule has 0 aliphatic heterocycles. The van der Waals surface area contributed by atoms with Gasteiger partial charge in [-0.3, -0.25) is 0 Å². The lowest BCUT2D eigenvalue weighted by Crippen LogP contribution is -2.40. The smallest absolute Gasteiger partial charge is 0.229 e. The Hall–Kier alpha value is -1.25. The molecule has 0 saturated heterocycles. The average Bonchev–Trinajstić information content (AvgIpc) is 2.67. The Labute approximate surface area is 181 Å². The molecule has 0 aromatic heterocycles. The van der Waals surface area contributed by atoms with Crippen molar-refractivity contribution in [3.63, 3.8) is 0 Å². The molecule has 144 valence electrons. The van der Waals surface area contributed by atoms with Crippen LogP contribution in [0.4, 0.5) is 0 Å². The standard InChI is InChI=1S/C23H25BrO2Si2/c1-23(2,22(25-27-3)26-28-4)21-18(14-16-8-7-10-19(24)15-16)13-12-17-9-5-6-11-20(17)21/h5-13,15,22H,14H2,1-4H3. The molecule has 0 aliphatic carbocycles. The summed E-state index contributed by atoms with van der Waals surface area (Å²) in [7, 11) is 0.770. The quantitative estimate of drug-likeness (QED) is 0.290. The molecule has 2 nitrogen and oxygen atoms in total. The van der Waals surface area contributed by atoms with Crippen molar-refractivity contribution >= 4 is 46.2 Å². The highest BCUT2D eigenvalue weighted by atomic mass is 79.9. The van der Waals surface area contributed by atoms with Gasteiger partial charge in [-0.1, -0.05) is 78.3 Å². The van der Waals surface area contributed by atoms with Gasteiger partial charge < -0.3 is 8.85 Å². The van der Waals surface area contributed by atoms with Crippen molar-refractivity contribution in [2.24, 2.45) is 0 Å². The molecular weight excluding hydrogens is 444 g/mol. The molecule has 0 atom stereocenters. The van der Waals surface area contributed by atoms with E-state index in [1.807, 2.05) is 0 Å². The summed E-state index contributed by atoms with van der Waals surface area (Å²) < 4.78 is 13.3. The van der Waals surface area contributed by atoms with E-state index in [0.717, 1.165) is 10.9 Å². The maximum atomic E-state index is 6.08. The lowest BCUT2D eigenvalue weighted by molar-refractivity contribution is -0.0430. The number of fused-ring (bicyclic) bond motifs is 1. The molecule has 0 amide bonds. The van der Waals surface area contributed by atoms with Crippen LogP contribution in [0, 0.1) is 0 Å². The SMILES string of the molecule is C[Si]OC(O[Si]C)C(C)(C)c1c(Cc2cccc(Br)c2)ccc2ccccc12. The first kappa shape index (κ1) is 21.5. The van der Waals surface area contributed by atoms with Crippen molar-refractivity contribution < 1.29 is 8.85 Å². The predicted molar refractivity (Wildman–Crippen MR) is 123 cm³/mol. The highest BCUT2D eigenvalue weighted by molar-refractivity contribution is 9.10. The van der Waals surface area contributed by atoms with Crippen LogP contribution < -0.4 is 0 Å². The minimum atomic E-state index is -0.284. The number of halogens is 1. The zero-order valence-corrected chi connectivity index (χ0v) is 20.3. The van der Waals surface area contributed by atoms with Gasteiger partial charge in [-0.25, -0.2) is 0 Å². The molecule has 0 spiro atoms. The zero-order valence-electron chi connectivity index (χ0n) is 16.8. The molecule has 0 fully saturated rings. The molecule has 0 aliphatic rings. The lowest BCUT2D eigenvalue weighted by atomic mass is 9.77. The molecule has 0 heterocycles. The Morgan fingerprint density at radius 2 is 1.64 bits per heavy atom. The molecule has 0 bridgehead atoms. The van der Waals surface area contributed by atoms with Gasteiger partial charge in [0.2, 0.25) is 19.5 Å². The third kappa shape index (κ3) is 4.66. The second-order valence-corrected chi connectivity index (χ2v) is 9.53. The van der Waals surface area contributed by atoms with Gasteiger partial charge in [0.1, 0.15) is 6.29 Å². The Balaban J connectivity index is 2.16. The summed E-state index contributed by atoms with van der Waals surface area (Å²) in [5, 5.41) is 2.52. The van der Waals surface area contributed by atoms with Gasteiger partial charge in [0.05, 0.1) is 0 Å². The maximum Gasteiger partial charge on any atom is 0.229 e. The van der Waals surface area contributed by atoms with Gasteiger partial charge >= 0.3 is 0 Å². The molecular formula is C23H25BrO2Si2. The van der Waals surface area contributed by atoms with Crippen LogP contribution in [-0.4, -0.2) is 25.8 Å². The van der Waals surface area contributed by atoms with Crippen molar-refractivity contribution in [2.45, 2.75) is 45.1 Å². The van der Waals surface area contributed by atoms with Crippen LogP contribution in [0.5, 0.6) is 0 Å². The van der Waals surface area contributed by atoms with Crippen LogP contribution in [0.2, 0.25) is 13.1 Å². The van der Waals surface area contributed by atoms with Crippen LogP contribution >= 0.6 is 15.9 Å². The van der Waals surface area contributed by atoms with E-state index in [-0.39, 0.29) is 11.7 Å². The fourth-order valence-electron chi connectivity index (χ4n) is 3.74. The summed E-state index contributed by atoms with van der Waals surface area (Å²) in [6.07, 6.45) is 0.602. The normalized spacial score (nSPS) is 12.1. The van der Waals surface area contributed by atoms with Crippen molar-refractivity contribution in [2.75, 3.05) is 0 Å². The van der Waals surface area contributed by atoms with Gasteiger partial charge in [0.25, 0.3) is 0 Å². The Morgan fingerprint density at radius 3 is 2.32 bits per heavy atom. The second kappa shape index (κ2) is 9.50. The molecule has 3 rings (SSSR count). The average molecular weight is 470 g/mol. The third-order valence-corrected chi connectivity index (χ3v) is 6.38. The molecule has 0 N–H and O–H groups in total. The van der Waals surface area contributed by atoms with Gasteiger partial charge in [0.15, 0.2) is 0 Å². The van der Waals surface area contributed by atoms with Crippen LogP contribution in [0.1, 0.15) is 30.5 Å². The highest BCUT2D eigenvalue weighted by Gasteiger charge is 2.35. The van der Waals surface area contributed by atoms with Gasteiger partial charge in [-0.15, -0.1) is 0 Å². The van der Waals surface area contributed by atoms with Crippen LogP contribution in [0.3, 0.4) is 0 Å². The molecule has 0 unspecified atom stereocenters. The molecule has 0 saturated carbocycles. The summed E-state index contributed by atoms with van der Waals surface area (Å²) in [6.45, 7) is 8.59. The minimum absolute atomic E-state index is 0.272. The maximum absolute atomic E-state index is 6.08. The van der Waals surface area contributed by atoms with Gasteiger partial charge in [-0.2, -0.15) is 0 Å². The first-order valence-electron chi connectivity index (χ1n) is 9.37. The number of hydrogen-bond donors (Lipinski definition) is 0. The van der Waals surface area contributed by atoms with E-state index < -0.39 is 0 Å². The van der Waals surface area contributed by atoms with Crippen LogP contribution in [0.15, 0.2) is 65.1 Å². The van der Waals surface area contributed by atoms with E-state index in [9.17, 15) is 0 Å². The molecule has 28 heavy (non-hydrogen) atoms. The van der Waals surface area contributed by atoms with E-state index in [2.05, 4.69) is 104 Å². The first-order valence-corrected chi connectivity index (χ1v) is 13.0. The van der Waals surface area contributed by atoms with Gasteiger partial charge in [0, 0.05) is 9.89 Å². The summed E-state index contributed by atoms with van der Waals surface area (Å²) in [5.41, 5.74) is 3.63. The lowest BCUT2D eigenvalue weighted by Gasteiger charge is -2.37. The van der Waals surface area contributed by atoms with Crippen LogP contribution in [-0.2, 0) is 20.7 Å². The highest BCUT2D eigenvalue weighted by Crippen LogP contribution is 2.38. The Morgan fingerprint density at radius 1 is 0.929 bits per heavy atom. The summed E-state index contributed by atoms with van der Waals surface area (Å²) in [4.78, 5) is 0. The largest absolute Gasteiger partial charge is 0.393 e. The topological polar surface area (TPSA) is 18.5 Å². The fourth-order valence-corrected chi connectivity index (χ4v) is 5.40. The third-order valence-electron chi connectivity index (χ3n) is 4.98. The Kier molecular flexibility index (Phi) is 7.28.